The summed E-state index contributed by atoms with van der Waals surface area (Å²) in [6, 6.07) is 5.54. The van der Waals surface area contributed by atoms with Crippen LogP contribution in [-0.4, -0.2) is 42.1 Å². The van der Waals surface area contributed by atoms with Gasteiger partial charge in [0, 0.05) is 32.3 Å². The summed E-state index contributed by atoms with van der Waals surface area (Å²) in [7, 11) is 0. The third-order valence-corrected chi connectivity index (χ3v) is 7.58. The van der Waals surface area contributed by atoms with E-state index in [1.54, 1.807) is 25.3 Å². The van der Waals surface area contributed by atoms with E-state index in [4.69, 9.17) is 4.74 Å². The van der Waals surface area contributed by atoms with Crippen molar-refractivity contribution in [3.8, 4) is 0 Å². The SMILES string of the molecule is CC(=O)N[C@H]1C(C)(C)[C@@H]2C[C@@H]3[C@@H](CCNC(=O)c4ccccn4)OCCC31C2. The molecule has 1 aliphatic heterocycles. The number of fused-ring (bicyclic) bond motifs is 1. The van der Waals surface area contributed by atoms with E-state index in [9.17, 15) is 9.59 Å². The molecule has 0 aromatic carbocycles. The third-order valence-electron chi connectivity index (χ3n) is 7.58. The van der Waals surface area contributed by atoms with Gasteiger partial charge in [-0.3, -0.25) is 14.6 Å². The number of rotatable bonds is 5. The summed E-state index contributed by atoms with van der Waals surface area (Å²) < 4.78 is 6.17. The second-order valence-electron chi connectivity index (χ2n) is 9.35. The van der Waals surface area contributed by atoms with Crippen LogP contribution in [0.2, 0.25) is 0 Å². The number of hydrogen-bond donors (Lipinski definition) is 2. The van der Waals surface area contributed by atoms with Gasteiger partial charge in [-0.1, -0.05) is 19.9 Å². The summed E-state index contributed by atoms with van der Waals surface area (Å²) in [6.07, 6.45) is 5.90. The number of aromatic nitrogens is 1. The van der Waals surface area contributed by atoms with Crippen molar-refractivity contribution < 1.29 is 14.3 Å². The Labute approximate surface area is 166 Å². The fourth-order valence-electron chi connectivity index (χ4n) is 6.31. The molecule has 3 fully saturated rings. The van der Waals surface area contributed by atoms with Crippen molar-refractivity contribution >= 4 is 11.8 Å². The average Bonchev–Trinajstić information content (AvgIpc) is 3.16. The topological polar surface area (TPSA) is 80.3 Å². The van der Waals surface area contributed by atoms with Gasteiger partial charge >= 0.3 is 0 Å². The van der Waals surface area contributed by atoms with Gasteiger partial charge in [-0.25, -0.2) is 0 Å². The van der Waals surface area contributed by atoms with E-state index in [-0.39, 0.29) is 34.8 Å². The van der Waals surface area contributed by atoms with Crippen LogP contribution in [0, 0.1) is 22.7 Å². The van der Waals surface area contributed by atoms with Crippen molar-refractivity contribution in [2.45, 2.75) is 58.6 Å². The van der Waals surface area contributed by atoms with Crippen LogP contribution >= 0.6 is 0 Å². The van der Waals surface area contributed by atoms with Crippen LogP contribution in [0.3, 0.4) is 0 Å². The Balaban J connectivity index is 1.42. The highest BCUT2D eigenvalue weighted by molar-refractivity contribution is 5.92. The van der Waals surface area contributed by atoms with E-state index < -0.39 is 0 Å². The van der Waals surface area contributed by atoms with Gasteiger partial charge in [0.05, 0.1) is 6.10 Å². The molecule has 2 saturated carbocycles. The minimum absolute atomic E-state index is 0.0596. The molecule has 3 aliphatic rings. The number of amides is 2. The van der Waals surface area contributed by atoms with E-state index >= 15 is 0 Å². The predicted molar refractivity (Wildman–Crippen MR) is 106 cm³/mol. The molecule has 1 aromatic rings. The number of pyridine rings is 1. The highest BCUT2D eigenvalue weighted by Crippen LogP contribution is 2.68. The Morgan fingerprint density at radius 1 is 1.32 bits per heavy atom. The van der Waals surface area contributed by atoms with Crippen LogP contribution < -0.4 is 10.6 Å². The van der Waals surface area contributed by atoms with Crippen LogP contribution in [-0.2, 0) is 9.53 Å². The van der Waals surface area contributed by atoms with Gasteiger partial charge < -0.3 is 15.4 Å². The highest BCUT2D eigenvalue weighted by Gasteiger charge is 2.68. The van der Waals surface area contributed by atoms with E-state index in [0.29, 0.717) is 24.1 Å². The van der Waals surface area contributed by atoms with Gasteiger partial charge in [-0.05, 0) is 60.5 Å². The zero-order valence-electron chi connectivity index (χ0n) is 17.0. The Kier molecular flexibility index (Phi) is 4.94. The molecule has 4 rings (SSSR count). The number of carbonyl (C=O) groups is 2. The number of nitrogens with zero attached hydrogens (tertiary/aromatic N) is 1. The number of carbonyl (C=O) groups excluding carboxylic acids is 2. The second kappa shape index (κ2) is 7.14. The molecule has 1 unspecified atom stereocenters. The molecule has 2 aliphatic carbocycles. The largest absolute Gasteiger partial charge is 0.378 e. The molecule has 6 nitrogen and oxygen atoms in total. The monoisotopic (exact) mass is 385 g/mol. The molecule has 28 heavy (non-hydrogen) atoms. The lowest BCUT2D eigenvalue weighted by atomic mass is 9.59. The first kappa shape index (κ1) is 19.4. The zero-order valence-corrected chi connectivity index (χ0v) is 17.0. The standard InChI is InChI=1S/C22H31N3O3/c1-14(26)25-20-21(2,3)15-12-16-18(28-11-8-22(16,20)13-15)7-10-24-19(27)17-6-4-5-9-23-17/h4-6,9,15-16,18,20H,7-8,10-13H2,1-3H3,(H,24,27)(H,25,26)/t15-,16-,18-,20+,22?/m1/s1. The molecular formula is C22H31N3O3. The van der Waals surface area contributed by atoms with E-state index in [1.807, 2.05) is 6.07 Å². The van der Waals surface area contributed by atoms with Gasteiger partial charge in [0.15, 0.2) is 0 Å². The third kappa shape index (κ3) is 3.11. The van der Waals surface area contributed by atoms with Crippen molar-refractivity contribution in [3.05, 3.63) is 30.1 Å². The summed E-state index contributed by atoms with van der Waals surface area (Å²) >= 11 is 0. The van der Waals surface area contributed by atoms with Crippen LogP contribution in [0.4, 0.5) is 0 Å². The molecule has 5 atom stereocenters. The Hall–Kier alpha value is -1.95. The van der Waals surface area contributed by atoms with Gasteiger partial charge in [0.25, 0.3) is 5.91 Å². The van der Waals surface area contributed by atoms with Gasteiger partial charge in [0.2, 0.25) is 5.91 Å². The van der Waals surface area contributed by atoms with Gasteiger partial charge in [-0.2, -0.15) is 0 Å². The van der Waals surface area contributed by atoms with Gasteiger partial charge in [0.1, 0.15) is 5.69 Å². The Bertz CT molecular complexity index is 751. The molecule has 1 saturated heterocycles. The molecule has 2 amide bonds. The van der Waals surface area contributed by atoms with Crippen molar-refractivity contribution in [1.29, 1.82) is 0 Å². The lowest BCUT2D eigenvalue weighted by molar-refractivity contribution is -0.135. The number of hydrogen-bond acceptors (Lipinski definition) is 4. The minimum atomic E-state index is -0.142. The van der Waals surface area contributed by atoms with Crippen LogP contribution in [0.5, 0.6) is 0 Å². The van der Waals surface area contributed by atoms with Gasteiger partial charge in [-0.15, -0.1) is 0 Å². The highest BCUT2D eigenvalue weighted by atomic mass is 16.5. The summed E-state index contributed by atoms with van der Waals surface area (Å²) in [6.45, 7) is 7.54. The number of ether oxygens (including phenoxy) is 1. The average molecular weight is 386 g/mol. The quantitative estimate of drug-likeness (QED) is 0.816. The van der Waals surface area contributed by atoms with Crippen molar-refractivity contribution in [2.75, 3.05) is 13.2 Å². The van der Waals surface area contributed by atoms with E-state index in [0.717, 1.165) is 25.9 Å². The van der Waals surface area contributed by atoms with Crippen LogP contribution in [0.1, 0.15) is 56.9 Å². The first-order valence-corrected chi connectivity index (χ1v) is 10.4. The molecule has 6 heteroatoms. The van der Waals surface area contributed by atoms with Crippen molar-refractivity contribution in [2.24, 2.45) is 22.7 Å². The molecule has 2 bridgehead atoms. The van der Waals surface area contributed by atoms with Crippen LogP contribution in [0.15, 0.2) is 24.4 Å². The molecule has 0 radical (unpaired) electrons. The molecule has 2 heterocycles. The van der Waals surface area contributed by atoms with Crippen LogP contribution in [0.25, 0.3) is 0 Å². The molecule has 2 N–H and O–H groups in total. The predicted octanol–water partition coefficient (Wildman–Crippen LogP) is 2.55. The van der Waals surface area contributed by atoms with Crippen molar-refractivity contribution in [1.82, 2.24) is 15.6 Å². The number of nitrogens with one attached hydrogen (secondary N) is 2. The van der Waals surface area contributed by atoms with E-state index in [2.05, 4.69) is 29.5 Å². The smallest absolute Gasteiger partial charge is 0.269 e. The first-order chi connectivity index (χ1) is 13.3. The van der Waals surface area contributed by atoms with Crippen molar-refractivity contribution in [3.63, 3.8) is 0 Å². The summed E-state index contributed by atoms with van der Waals surface area (Å²) in [4.78, 5) is 28.2. The Morgan fingerprint density at radius 3 is 2.86 bits per heavy atom. The second-order valence-corrected chi connectivity index (χ2v) is 9.35. The van der Waals surface area contributed by atoms with E-state index in [1.165, 1.54) is 6.42 Å². The molecular weight excluding hydrogens is 354 g/mol. The summed E-state index contributed by atoms with van der Waals surface area (Å²) in [5, 5.41) is 6.27. The maximum absolute atomic E-state index is 12.2. The summed E-state index contributed by atoms with van der Waals surface area (Å²) in [5.41, 5.74) is 0.696. The lowest BCUT2D eigenvalue weighted by Gasteiger charge is -2.53. The fourth-order valence-corrected chi connectivity index (χ4v) is 6.31. The maximum atomic E-state index is 12.2. The normalized spacial score (nSPS) is 35.2. The first-order valence-electron chi connectivity index (χ1n) is 10.4. The Morgan fingerprint density at radius 2 is 2.14 bits per heavy atom. The fraction of sp³-hybridized carbons (Fsp3) is 0.682. The molecule has 1 spiro atoms. The molecule has 152 valence electrons. The summed E-state index contributed by atoms with van der Waals surface area (Å²) in [5.74, 6) is 0.977. The zero-order chi connectivity index (χ0) is 19.9. The molecule has 1 aromatic heterocycles. The lowest BCUT2D eigenvalue weighted by Crippen LogP contribution is -2.60. The maximum Gasteiger partial charge on any atom is 0.269 e. The minimum Gasteiger partial charge on any atom is -0.378 e.